The predicted molar refractivity (Wildman–Crippen MR) is 47.8 cm³/mol. The molecule has 10 heavy (non-hydrogen) atoms. The van der Waals surface area contributed by atoms with Crippen molar-refractivity contribution in [3.05, 3.63) is 0 Å². The number of hydrogen-bond acceptors (Lipinski definition) is 2. The largest absolute Gasteiger partial charge is 0.468 e. The third kappa shape index (κ3) is 4.28. The van der Waals surface area contributed by atoms with Gasteiger partial charge in [-0.2, -0.15) is 0 Å². The van der Waals surface area contributed by atoms with Crippen LogP contribution in [-0.2, 0) is 9.53 Å². The first-order valence-electron chi connectivity index (χ1n) is 3.00. The van der Waals surface area contributed by atoms with E-state index in [9.17, 15) is 4.79 Å². The summed E-state index contributed by atoms with van der Waals surface area (Å²) < 4.78 is 4.51. The highest BCUT2D eigenvalue weighted by Gasteiger charge is 2.13. The SMILES string of the molecule is COC(=O)C(Br)CCCBr. The zero-order chi connectivity index (χ0) is 7.98. The Balaban J connectivity index is 3.41. The molecule has 60 valence electrons. The number of ether oxygens (including phenoxy) is 1. The monoisotopic (exact) mass is 272 g/mol. The normalized spacial score (nSPS) is 12.7. The lowest BCUT2D eigenvalue weighted by atomic mass is 10.2. The van der Waals surface area contributed by atoms with Gasteiger partial charge in [0, 0.05) is 5.33 Å². The second-order valence-corrected chi connectivity index (χ2v) is 3.72. The minimum atomic E-state index is -0.194. The van der Waals surface area contributed by atoms with E-state index in [4.69, 9.17) is 0 Å². The Morgan fingerprint density at radius 2 is 2.30 bits per heavy atom. The van der Waals surface area contributed by atoms with Crippen molar-refractivity contribution in [3.63, 3.8) is 0 Å². The Morgan fingerprint density at radius 3 is 2.70 bits per heavy atom. The number of carbonyl (C=O) groups excluding carboxylic acids is 1. The molecule has 0 aliphatic carbocycles. The Hall–Kier alpha value is 0.430. The molecule has 0 bridgehead atoms. The van der Waals surface area contributed by atoms with Crippen molar-refractivity contribution < 1.29 is 9.53 Å². The number of hydrogen-bond donors (Lipinski definition) is 0. The Morgan fingerprint density at radius 1 is 1.70 bits per heavy atom. The topological polar surface area (TPSA) is 26.3 Å². The minimum Gasteiger partial charge on any atom is -0.468 e. The molecule has 0 heterocycles. The van der Waals surface area contributed by atoms with Gasteiger partial charge in [0.05, 0.1) is 7.11 Å². The van der Waals surface area contributed by atoms with Crippen LogP contribution in [-0.4, -0.2) is 23.2 Å². The summed E-state index contributed by atoms with van der Waals surface area (Å²) in [6, 6.07) is 0. The smallest absolute Gasteiger partial charge is 0.319 e. The van der Waals surface area contributed by atoms with E-state index in [0.717, 1.165) is 18.2 Å². The van der Waals surface area contributed by atoms with E-state index >= 15 is 0 Å². The second-order valence-electron chi connectivity index (χ2n) is 1.82. The summed E-state index contributed by atoms with van der Waals surface area (Å²) in [5.41, 5.74) is 0. The molecule has 2 nitrogen and oxygen atoms in total. The summed E-state index contributed by atoms with van der Waals surface area (Å²) in [6.07, 6.45) is 1.79. The standard InChI is InChI=1S/C6H10Br2O2/c1-10-6(9)5(8)3-2-4-7/h5H,2-4H2,1H3. The molecular weight excluding hydrogens is 264 g/mol. The van der Waals surface area contributed by atoms with Crippen LogP contribution in [0.15, 0.2) is 0 Å². The Bertz CT molecular complexity index is 106. The average Bonchev–Trinajstić information content (AvgIpc) is 1.98. The fourth-order valence-corrected chi connectivity index (χ4v) is 1.34. The highest BCUT2D eigenvalue weighted by Crippen LogP contribution is 2.10. The van der Waals surface area contributed by atoms with Gasteiger partial charge in [-0.1, -0.05) is 31.9 Å². The first-order valence-corrected chi connectivity index (χ1v) is 5.04. The van der Waals surface area contributed by atoms with Gasteiger partial charge in [0.1, 0.15) is 4.83 Å². The number of alkyl halides is 2. The van der Waals surface area contributed by atoms with Crippen molar-refractivity contribution in [2.75, 3.05) is 12.4 Å². The second kappa shape index (κ2) is 6.16. The van der Waals surface area contributed by atoms with E-state index in [0.29, 0.717) is 0 Å². The lowest BCUT2D eigenvalue weighted by molar-refractivity contribution is -0.139. The average molecular weight is 274 g/mol. The van der Waals surface area contributed by atoms with Gasteiger partial charge >= 0.3 is 5.97 Å². The van der Waals surface area contributed by atoms with E-state index in [1.54, 1.807) is 0 Å². The highest BCUT2D eigenvalue weighted by atomic mass is 79.9. The molecular formula is C6H10Br2O2. The van der Waals surface area contributed by atoms with Crippen molar-refractivity contribution in [3.8, 4) is 0 Å². The van der Waals surface area contributed by atoms with Crippen LogP contribution in [0.2, 0.25) is 0 Å². The van der Waals surface area contributed by atoms with Gasteiger partial charge < -0.3 is 4.74 Å². The maximum absolute atomic E-state index is 10.7. The molecule has 0 rings (SSSR count). The van der Waals surface area contributed by atoms with Crippen LogP contribution >= 0.6 is 31.9 Å². The summed E-state index contributed by atoms with van der Waals surface area (Å²) in [5, 5.41) is 0.923. The summed E-state index contributed by atoms with van der Waals surface area (Å²) in [4.78, 5) is 10.6. The lowest BCUT2D eigenvalue weighted by Crippen LogP contribution is -2.15. The molecule has 0 aromatic heterocycles. The first kappa shape index (κ1) is 10.4. The number of esters is 1. The van der Waals surface area contributed by atoms with Gasteiger partial charge in [0.25, 0.3) is 0 Å². The van der Waals surface area contributed by atoms with Gasteiger partial charge in [0.2, 0.25) is 0 Å². The van der Waals surface area contributed by atoms with Crippen LogP contribution < -0.4 is 0 Å². The van der Waals surface area contributed by atoms with Gasteiger partial charge in [0.15, 0.2) is 0 Å². The molecule has 0 aliphatic rings. The fourth-order valence-electron chi connectivity index (χ4n) is 0.502. The van der Waals surface area contributed by atoms with Crippen molar-refractivity contribution >= 4 is 37.8 Å². The molecule has 4 heteroatoms. The highest BCUT2D eigenvalue weighted by molar-refractivity contribution is 9.10. The summed E-state index contributed by atoms with van der Waals surface area (Å²) in [5.74, 6) is -0.194. The van der Waals surface area contributed by atoms with E-state index in [1.807, 2.05) is 0 Å². The van der Waals surface area contributed by atoms with Crippen LogP contribution in [0.1, 0.15) is 12.8 Å². The first-order chi connectivity index (χ1) is 4.72. The van der Waals surface area contributed by atoms with Crippen LogP contribution in [0.3, 0.4) is 0 Å². The maximum Gasteiger partial charge on any atom is 0.319 e. The van der Waals surface area contributed by atoms with Crippen molar-refractivity contribution in [2.45, 2.75) is 17.7 Å². The molecule has 0 saturated heterocycles. The molecule has 0 aromatic carbocycles. The molecule has 0 spiro atoms. The maximum atomic E-state index is 10.7. The molecule has 0 radical (unpaired) electrons. The number of halogens is 2. The fraction of sp³-hybridized carbons (Fsp3) is 0.833. The molecule has 0 fully saturated rings. The van der Waals surface area contributed by atoms with Crippen LogP contribution in [0.5, 0.6) is 0 Å². The van der Waals surface area contributed by atoms with Gasteiger partial charge in [-0.25, -0.2) is 0 Å². The zero-order valence-corrected chi connectivity index (χ0v) is 8.94. The van der Waals surface area contributed by atoms with E-state index in [1.165, 1.54) is 7.11 Å². The molecule has 0 aromatic rings. The summed E-state index contributed by atoms with van der Waals surface area (Å²) in [7, 11) is 1.39. The van der Waals surface area contributed by atoms with Crippen molar-refractivity contribution in [1.82, 2.24) is 0 Å². The van der Waals surface area contributed by atoms with Gasteiger partial charge in [-0.05, 0) is 12.8 Å². The Labute approximate surface area is 77.6 Å². The number of rotatable bonds is 4. The van der Waals surface area contributed by atoms with Crippen molar-refractivity contribution in [2.24, 2.45) is 0 Å². The minimum absolute atomic E-state index is 0.143. The molecule has 0 saturated carbocycles. The van der Waals surface area contributed by atoms with E-state index < -0.39 is 0 Å². The lowest BCUT2D eigenvalue weighted by Gasteiger charge is -2.04. The quantitative estimate of drug-likeness (QED) is 0.579. The summed E-state index contributed by atoms with van der Waals surface area (Å²) in [6.45, 7) is 0. The molecule has 0 N–H and O–H groups in total. The van der Waals surface area contributed by atoms with Crippen LogP contribution in [0, 0.1) is 0 Å². The molecule has 1 atom stereocenters. The zero-order valence-electron chi connectivity index (χ0n) is 5.77. The third-order valence-corrected chi connectivity index (χ3v) is 2.44. The molecule has 0 amide bonds. The van der Waals surface area contributed by atoms with Crippen LogP contribution in [0.25, 0.3) is 0 Å². The third-order valence-electron chi connectivity index (χ3n) is 1.05. The van der Waals surface area contributed by atoms with Crippen LogP contribution in [0.4, 0.5) is 0 Å². The van der Waals surface area contributed by atoms with Gasteiger partial charge in [-0.3, -0.25) is 4.79 Å². The Kier molecular flexibility index (Phi) is 6.43. The van der Waals surface area contributed by atoms with E-state index in [-0.39, 0.29) is 10.8 Å². The van der Waals surface area contributed by atoms with E-state index in [2.05, 4.69) is 36.6 Å². The number of carbonyl (C=O) groups is 1. The van der Waals surface area contributed by atoms with Gasteiger partial charge in [-0.15, -0.1) is 0 Å². The number of methoxy groups -OCH3 is 1. The predicted octanol–water partition coefficient (Wildman–Crippen LogP) is 2.10. The molecule has 1 unspecified atom stereocenters. The van der Waals surface area contributed by atoms with Crippen molar-refractivity contribution in [1.29, 1.82) is 0 Å². The summed E-state index contributed by atoms with van der Waals surface area (Å²) >= 11 is 6.49. The molecule has 0 aliphatic heterocycles.